The number of anilines is 2. The van der Waals surface area contributed by atoms with Gasteiger partial charge < -0.3 is 16.0 Å². The van der Waals surface area contributed by atoms with Gasteiger partial charge in [0.15, 0.2) is 5.82 Å². The van der Waals surface area contributed by atoms with Gasteiger partial charge in [-0.15, -0.1) is 0 Å². The van der Waals surface area contributed by atoms with Gasteiger partial charge in [-0.1, -0.05) is 30.3 Å². The van der Waals surface area contributed by atoms with Crippen LogP contribution in [0, 0.1) is 12.7 Å². The van der Waals surface area contributed by atoms with E-state index < -0.39 is 11.7 Å². The molecule has 8 heteroatoms. The van der Waals surface area contributed by atoms with Gasteiger partial charge in [0.25, 0.3) is 0 Å². The van der Waals surface area contributed by atoms with Gasteiger partial charge in [-0.05, 0) is 30.7 Å². The molecule has 0 radical (unpaired) electrons. The Kier molecular flexibility index (Phi) is 4.77. The molecule has 2 aromatic heterocycles. The highest BCUT2D eigenvalue weighted by Crippen LogP contribution is 2.34. The third kappa shape index (κ3) is 3.33. The number of benzene rings is 2. The van der Waals surface area contributed by atoms with Crippen LogP contribution in [0.2, 0.25) is 0 Å². The predicted octanol–water partition coefficient (Wildman–Crippen LogP) is 3.57. The number of aryl methyl sites for hydroxylation is 1. The Morgan fingerprint density at radius 3 is 2.72 bits per heavy atom. The summed E-state index contributed by atoms with van der Waals surface area (Å²) < 4.78 is 16.1. The summed E-state index contributed by atoms with van der Waals surface area (Å²) in [6.45, 7) is 3.34. The van der Waals surface area contributed by atoms with Gasteiger partial charge in [-0.2, -0.15) is 4.98 Å². The quantitative estimate of drug-likeness (QED) is 0.505. The second-order valence-electron chi connectivity index (χ2n) is 8.05. The molecule has 0 unspecified atom stereocenters. The zero-order valence-electron chi connectivity index (χ0n) is 17.9. The number of aromatic nitrogens is 3. The molecule has 0 aliphatic carbocycles. The zero-order valence-corrected chi connectivity index (χ0v) is 17.9. The molecule has 1 aliphatic rings. The van der Waals surface area contributed by atoms with Crippen molar-refractivity contribution in [2.45, 2.75) is 19.9 Å². The Bertz CT molecular complexity index is 1350. The lowest BCUT2D eigenvalue weighted by molar-refractivity contribution is 0.100. The Balaban J connectivity index is 1.65. The average Bonchev–Trinajstić information content (AvgIpc) is 3.31. The van der Waals surface area contributed by atoms with Crippen molar-refractivity contribution in [3.8, 4) is 5.95 Å². The number of nitrogens with one attached hydrogen (secondary N) is 1. The third-order valence-electron chi connectivity index (χ3n) is 5.85. The van der Waals surface area contributed by atoms with Gasteiger partial charge in [-0.3, -0.25) is 9.36 Å². The maximum absolute atomic E-state index is 14.3. The smallest absolute Gasteiger partial charge is 0.249 e. The van der Waals surface area contributed by atoms with E-state index in [1.807, 2.05) is 38.2 Å². The largest absolute Gasteiger partial charge is 0.370 e. The molecule has 0 spiro atoms. The molecule has 0 atom stereocenters. The molecular weight excluding hydrogens is 407 g/mol. The molecule has 3 heterocycles. The average molecular weight is 430 g/mol. The second-order valence-corrected chi connectivity index (χ2v) is 8.05. The van der Waals surface area contributed by atoms with Crippen LogP contribution in [-0.2, 0) is 13.0 Å². The van der Waals surface area contributed by atoms with Crippen molar-refractivity contribution in [1.29, 1.82) is 0 Å². The number of amides is 1. The van der Waals surface area contributed by atoms with Crippen molar-refractivity contribution in [3.05, 3.63) is 76.9 Å². The van der Waals surface area contributed by atoms with E-state index >= 15 is 0 Å². The van der Waals surface area contributed by atoms with Gasteiger partial charge in [0, 0.05) is 37.6 Å². The van der Waals surface area contributed by atoms with E-state index in [9.17, 15) is 9.18 Å². The molecule has 0 fully saturated rings. The van der Waals surface area contributed by atoms with Crippen LogP contribution in [-0.4, -0.2) is 34.0 Å². The molecule has 4 aromatic rings. The van der Waals surface area contributed by atoms with E-state index in [4.69, 9.17) is 15.7 Å². The van der Waals surface area contributed by atoms with Crippen LogP contribution in [0.4, 0.5) is 15.9 Å². The SMILES string of the molecule is Cc1cc2c(C(N)=O)cc(F)cc2n1-c1nc2c(c(NCc3ccccc3)n1)N(C)CC2. The predicted molar refractivity (Wildman–Crippen MR) is 123 cm³/mol. The van der Waals surface area contributed by atoms with E-state index in [-0.39, 0.29) is 5.56 Å². The minimum Gasteiger partial charge on any atom is -0.370 e. The summed E-state index contributed by atoms with van der Waals surface area (Å²) in [5.41, 5.74) is 9.98. The van der Waals surface area contributed by atoms with Crippen LogP contribution in [0.3, 0.4) is 0 Å². The molecular formula is C24H23FN6O. The molecule has 1 aliphatic heterocycles. The number of hydrogen-bond donors (Lipinski definition) is 2. The third-order valence-corrected chi connectivity index (χ3v) is 5.85. The molecule has 3 N–H and O–H groups in total. The molecule has 2 aromatic carbocycles. The van der Waals surface area contributed by atoms with E-state index in [0.29, 0.717) is 23.4 Å². The van der Waals surface area contributed by atoms with Crippen LogP contribution in [0.15, 0.2) is 48.5 Å². The monoisotopic (exact) mass is 430 g/mol. The number of carbonyl (C=O) groups is 1. The normalized spacial score (nSPS) is 12.9. The number of carbonyl (C=O) groups excluding carboxylic acids is 1. The molecule has 5 rings (SSSR count). The lowest BCUT2D eigenvalue weighted by atomic mass is 10.1. The molecule has 0 saturated carbocycles. The maximum atomic E-state index is 14.3. The molecule has 0 saturated heterocycles. The minimum atomic E-state index is -0.673. The van der Waals surface area contributed by atoms with Gasteiger partial charge in [0.2, 0.25) is 11.9 Å². The Hall–Kier alpha value is -3.94. The highest BCUT2D eigenvalue weighted by molar-refractivity contribution is 6.06. The molecule has 0 bridgehead atoms. The van der Waals surface area contributed by atoms with Crippen LogP contribution in [0.25, 0.3) is 16.9 Å². The van der Waals surface area contributed by atoms with E-state index in [1.165, 1.54) is 12.1 Å². The number of nitrogens with zero attached hydrogens (tertiary/aromatic N) is 4. The zero-order chi connectivity index (χ0) is 22.4. The summed E-state index contributed by atoms with van der Waals surface area (Å²) in [6, 6.07) is 14.5. The van der Waals surface area contributed by atoms with Crippen LogP contribution in [0.1, 0.15) is 27.3 Å². The summed E-state index contributed by atoms with van der Waals surface area (Å²) >= 11 is 0. The summed E-state index contributed by atoms with van der Waals surface area (Å²) in [5.74, 6) is -0.0490. The topological polar surface area (TPSA) is 89.1 Å². The summed E-state index contributed by atoms with van der Waals surface area (Å²) in [7, 11) is 2.02. The van der Waals surface area contributed by atoms with Crippen molar-refractivity contribution in [2.24, 2.45) is 5.73 Å². The van der Waals surface area contributed by atoms with E-state index in [0.717, 1.165) is 41.4 Å². The van der Waals surface area contributed by atoms with Gasteiger partial charge in [-0.25, -0.2) is 9.37 Å². The summed E-state index contributed by atoms with van der Waals surface area (Å²) in [6.07, 6.45) is 0.792. The number of hydrogen-bond acceptors (Lipinski definition) is 5. The lowest BCUT2D eigenvalue weighted by Crippen LogP contribution is -2.16. The Morgan fingerprint density at radius 2 is 1.97 bits per heavy atom. The molecule has 162 valence electrons. The fraction of sp³-hybridized carbons (Fsp3) is 0.208. The van der Waals surface area contributed by atoms with Gasteiger partial charge in [0.1, 0.15) is 11.5 Å². The number of rotatable bonds is 5. The number of halogens is 1. The summed E-state index contributed by atoms with van der Waals surface area (Å²) in [4.78, 5) is 23.7. The summed E-state index contributed by atoms with van der Waals surface area (Å²) in [5, 5.41) is 4.03. The molecule has 1 amide bonds. The number of fused-ring (bicyclic) bond motifs is 2. The number of nitrogens with two attached hydrogens (primary N) is 1. The minimum absolute atomic E-state index is 0.144. The first-order valence-electron chi connectivity index (χ1n) is 10.4. The first-order valence-corrected chi connectivity index (χ1v) is 10.4. The van der Waals surface area contributed by atoms with Crippen molar-refractivity contribution < 1.29 is 9.18 Å². The first kappa shape index (κ1) is 20.0. The van der Waals surface area contributed by atoms with Crippen LogP contribution < -0.4 is 16.0 Å². The second kappa shape index (κ2) is 7.64. The lowest BCUT2D eigenvalue weighted by Gasteiger charge is -2.18. The van der Waals surface area contributed by atoms with Crippen LogP contribution in [0.5, 0.6) is 0 Å². The Morgan fingerprint density at radius 1 is 1.19 bits per heavy atom. The van der Waals surface area contributed by atoms with E-state index in [1.54, 1.807) is 4.57 Å². The number of likely N-dealkylation sites (N-methyl/N-ethyl adjacent to an activating group) is 1. The number of primary amides is 1. The highest BCUT2D eigenvalue weighted by atomic mass is 19.1. The fourth-order valence-corrected chi connectivity index (χ4v) is 4.33. The van der Waals surface area contributed by atoms with Crippen molar-refractivity contribution in [3.63, 3.8) is 0 Å². The van der Waals surface area contributed by atoms with Crippen molar-refractivity contribution in [2.75, 3.05) is 23.8 Å². The van der Waals surface area contributed by atoms with Crippen LogP contribution >= 0.6 is 0 Å². The molecule has 7 nitrogen and oxygen atoms in total. The van der Waals surface area contributed by atoms with Gasteiger partial charge in [0.05, 0.1) is 16.8 Å². The fourth-order valence-electron chi connectivity index (χ4n) is 4.33. The van der Waals surface area contributed by atoms with Crippen molar-refractivity contribution >= 4 is 28.3 Å². The maximum Gasteiger partial charge on any atom is 0.249 e. The highest BCUT2D eigenvalue weighted by Gasteiger charge is 2.25. The van der Waals surface area contributed by atoms with Crippen molar-refractivity contribution in [1.82, 2.24) is 14.5 Å². The Labute approximate surface area is 184 Å². The first-order chi connectivity index (χ1) is 15.4. The standard InChI is InChI=1S/C24H23FN6O/c1-14-10-17-18(22(26)32)11-16(25)12-20(17)31(14)24-28-19-8-9-30(2)21(19)23(29-24)27-13-15-6-4-3-5-7-15/h3-7,10-12H,8-9,13H2,1-2H3,(H2,26,32)(H,27,28,29). The molecule has 32 heavy (non-hydrogen) atoms. The van der Waals surface area contributed by atoms with Gasteiger partial charge >= 0.3 is 0 Å². The van der Waals surface area contributed by atoms with E-state index in [2.05, 4.69) is 22.3 Å².